The first-order valence-corrected chi connectivity index (χ1v) is 18.8. The summed E-state index contributed by atoms with van der Waals surface area (Å²) in [4.78, 5) is 71.3. The molecule has 3 amide bonds. The maximum atomic E-state index is 12.8. The van der Waals surface area contributed by atoms with Crippen LogP contribution in [0.1, 0.15) is 83.7 Å². The van der Waals surface area contributed by atoms with Gasteiger partial charge in [-0.2, -0.15) is 0 Å². The first-order valence-electron chi connectivity index (χ1n) is 18.8. The molecule has 6 aromatic rings. The molecule has 0 radical (unpaired) electrons. The predicted molar refractivity (Wildman–Crippen MR) is 233 cm³/mol. The van der Waals surface area contributed by atoms with Crippen LogP contribution in [0.25, 0.3) is 0 Å². The number of hydrogen-bond donors (Lipinski definition) is 4. The number of nitrogens with zero attached hydrogens (tertiary/aromatic N) is 1. The van der Waals surface area contributed by atoms with Crippen molar-refractivity contribution in [3.63, 3.8) is 0 Å². The number of ether oxygens (including phenoxy) is 1. The van der Waals surface area contributed by atoms with Crippen molar-refractivity contribution in [2.24, 2.45) is 0 Å². The van der Waals surface area contributed by atoms with Crippen molar-refractivity contribution in [2.45, 2.75) is 27.2 Å². The van der Waals surface area contributed by atoms with Crippen LogP contribution < -0.4 is 25.6 Å². The SMILES string of the molecule is CC(C)=O.CNc1ccc(Cc2ccc(NC(=O)c3ccccc3C(=O)O)cc2)cc1.CNc1ccc(Oc2ccc(N3C(=O)c4ccc(C(C)=O)cc4C3=O)cc2)cc1. The lowest BCUT2D eigenvalue weighted by Gasteiger charge is -2.14. The molecule has 12 heteroatoms. The van der Waals surface area contributed by atoms with Crippen LogP contribution in [0.15, 0.2) is 140 Å². The molecule has 1 aliphatic rings. The van der Waals surface area contributed by atoms with Crippen LogP contribution in [-0.4, -0.2) is 54.5 Å². The van der Waals surface area contributed by atoms with E-state index in [0.717, 1.165) is 28.3 Å². The first-order chi connectivity index (χ1) is 28.8. The average molecular weight is 805 g/mol. The molecule has 6 aromatic carbocycles. The molecule has 12 nitrogen and oxygen atoms in total. The molecule has 0 unspecified atom stereocenters. The highest BCUT2D eigenvalue weighted by Gasteiger charge is 2.37. The molecule has 7 rings (SSSR count). The largest absolute Gasteiger partial charge is 0.478 e. The van der Waals surface area contributed by atoms with E-state index in [-0.39, 0.29) is 28.3 Å². The molecule has 304 valence electrons. The molecule has 60 heavy (non-hydrogen) atoms. The number of fused-ring (bicyclic) bond motifs is 1. The van der Waals surface area contributed by atoms with Gasteiger partial charge >= 0.3 is 5.97 Å². The van der Waals surface area contributed by atoms with E-state index in [1.807, 2.05) is 74.8 Å². The number of hydrogen-bond acceptors (Lipinski definition) is 9. The van der Waals surface area contributed by atoms with Gasteiger partial charge in [-0.25, -0.2) is 9.69 Å². The van der Waals surface area contributed by atoms with E-state index < -0.39 is 23.7 Å². The smallest absolute Gasteiger partial charge is 0.336 e. The van der Waals surface area contributed by atoms with Crippen molar-refractivity contribution < 1.29 is 38.6 Å². The van der Waals surface area contributed by atoms with Crippen LogP contribution in [0.3, 0.4) is 0 Å². The van der Waals surface area contributed by atoms with Crippen LogP contribution in [0, 0.1) is 0 Å². The number of anilines is 4. The summed E-state index contributed by atoms with van der Waals surface area (Å²) in [5, 5.41) is 18.1. The van der Waals surface area contributed by atoms with E-state index in [0.29, 0.717) is 34.0 Å². The van der Waals surface area contributed by atoms with E-state index in [4.69, 9.17) is 4.74 Å². The summed E-state index contributed by atoms with van der Waals surface area (Å²) < 4.78 is 5.80. The molecule has 0 spiro atoms. The standard InChI is InChI=1S/C23H18N2O4.C22H20N2O3.C3H6O/c1-14(26)15-3-12-20-21(13-15)23(28)25(22(20)27)17-6-10-19(11-7-17)29-18-8-4-16(24-2)5-9-18;1-23-17-10-6-15(7-11-17)14-16-8-12-18(13-9-16)24-21(25)19-4-2-3-5-20(19)22(26)27;1-3(2)4/h3-13,24H,1-2H3;2-13,23H,14H2,1H3,(H,24,25)(H,26,27);1-2H3. The number of nitrogens with one attached hydrogen (secondary N) is 3. The quantitative estimate of drug-likeness (QED) is 0.0731. The number of aromatic carboxylic acids is 1. The molecule has 0 aromatic heterocycles. The topological polar surface area (TPSA) is 171 Å². The van der Waals surface area contributed by atoms with Crippen molar-refractivity contribution in [3.05, 3.63) is 178 Å². The third kappa shape index (κ3) is 11.2. The number of carboxylic acids is 1. The van der Waals surface area contributed by atoms with E-state index >= 15 is 0 Å². The van der Waals surface area contributed by atoms with Gasteiger partial charge in [-0.1, -0.05) is 42.5 Å². The number of carbonyl (C=O) groups excluding carboxylic acids is 5. The molecule has 0 aliphatic carbocycles. The lowest BCUT2D eigenvalue weighted by Crippen LogP contribution is -2.29. The minimum Gasteiger partial charge on any atom is -0.478 e. The maximum absolute atomic E-state index is 12.8. The minimum absolute atomic E-state index is 0.0170. The van der Waals surface area contributed by atoms with Gasteiger partial charge in [-0.15, -0.1) is 0 Å². The third-order valence-electron chi connectivity index (χ3n) is 9.03. The van der Waals surface area contributed by atoms with Crippen LogP contribution in [0.4, 0.5) is 22.7 Å². The number of rotatable bonds is 11. The van der Waals surface area contributed by atoms with Gasteiger partial charge in [0.1, 0.15) is 17.3 Å². The van der Waals surface area contributed by atoms with E-state index in [2.05, 4.69) is 28.1 Å². The second-order valence-electron chi connectivity index (χ2n) is 13.7. The Labute approximate surface area is 347 Å². The summed E-state index contributed by atoms with van der Waals surface area (Å²) in [6, 6.07) is 40.7. The van der Waals surface area contributed by atoms with Gasteiger partial charge < -0.3 is 30.6 Å². The summed E-state index contributed by atoms with van der Waals surface area (Å²) in [7, 11) is 3.73. The Bertz CT molecular complexity index is 2510. The van der Waals surface area contributed by atoms with Gasteiger partial charge in [0.2, 0.25) is 0 Å². The zero-order valence-corrected chi connectivity index (χ0v) is 33.7. The normalized spacial score (nSPS) is 11.2. The number of carboxylic acid groups (broad SMARTS) is 1. The molecular weight excluding hydrogens is 761 g/mol. The zero-order chi connectivity index (χ0) is 43.3. The van der Waals surface area contributed by atoms with Crippen molar-refractivity contribution in [1.29, 1.82) is 0 Å². The fourth-order valence-corrected chi connectivity index (χ4v) is 5.98. The molecule has 0 atom stereocenters. The predicted octanol–water partition coefficient (Wildman–Crippen LogP) is 9.39. The Hall–Kier alpha value is -7.86. The van der Waals surface area contributed by atoms with E-state index in [1.165, 1.54) is 50.6 Å². The molecule has 1 heterocycles. The van der Waals surface area contributed by atoms with Crippen LogP contribution in [0.5, 0.6) is 11.5 Å². The van der Waals surface area contributed by atoms with Crippen molar-refractivity contribution >= 4 is 58.0 Å². The molecule has 0 fully saturated rings. The average Bonchev–Trinajstić information content (AvgIpc) is 3.50. The van der Waals surface area contributed by atoms with Crippen molar-refractivity contribution in [2.75, 3.05) is 34.9 Å². The molecular formula is C48H44N4O8. The third-order valence-corrected chi connectivity index (χ3v) is 9.03. The summed E-state index contributed by atoms with van der Waals surface area (Å²) in [5.41, 5.74) is 6.49. The van der Waals surface area contributed by atoms with Gasteiger partial charge in [0.15, 0.2) is 5.78 Å². The van der Waals surface area contributed by atoms with Gasteiger partial charge in [-0.05, 0) is 135 Å². The van der Waals surface area contributed by atoms with Gasteiger partial charge in [0, 0.05) is 36.7 Å². The molecule has 0 bridgehead atoms. The number of carbonyl (C=O) groups is 6. The Kier molecular flexibility index (Phi) is 14.4. The summed E-state index contributed by atoms with van der Waals surface area (Å²) in [5.74, 6) is -1.14. The van der Waals surface area contributed by atoms with Crippen molar-refractivity contribution in [3.8, 4) is 11.5 Å². The Morgan fingerprint density at radius 1 is 0.583 bits per heavy atom. The van der Waals surface area contributed by atoms with E-state index in [9.17, 15) is 33.9 Å². The lowest BCUT2D eigenvalue weighted by molar-refractivity contribution is -0.115. The Morgan fingerprint density at radius 3 is 1.55 bits per heavy atom. The molecule has 0 saturated heterocycles. The van der Waals surface area contributed by atoms with Gasteiger partial charge in [0.05, 0.1) is 27.9 Å². The molecule has 4 N–H and O–H groups in total. The summed E-state index contributed by atoms with van der Waals surface area (Å²) in [6.07, 6.45) is 0.792. The van der Waals surface area contributed by atoms with Crippen LogP contribution in [0.2, 0.25) is 0 Å². The van der Waals surface area contributed by atoms with Gasteiger partial charge in [-0.3, -0.25) is 19.2 Å². The Balaban J connectivity index is 0.000000210. The maximum Gasteiger partial charge on any atom is 0.336 e. The number of Topliss-reactive ketones (excluding diaryl/α,β-unsaturated/α-hetero) is 2. The highest BCUT2D eigenvalue weighted by molar-refractivity contribution is 6.34. The fraction of sp³-hybridized carbons (Fsp3) is 0.125. The summed E-state index contributed by atoms with van der Waals surface area (Å²) >= 11 is 0. The van der Waals surface area contributed by atoms with Gasteiger partial charge in [0.25, 0.3) is 17.7 Å². The number of ketones is 2. The zero-order valence-electron chi connectivity index (χ0n) is 33.7. The van der Waals surface area contributed by atoms with E-state index in [1.54, 1.807) is 42.5 Å². The Morgan fingerprint density at radius 2 is 1.05 bits per heavy atom. The van der Waals surface area contributed by atoms with Crippen LogP contribution >= 0.6 is 0 Å². The second-order valence-corrected chi connectivity index (χ2v) is 13.7. The monoisotopic (exact) mass is 804 g/mol. The second kappa shape index (κ2) is 20.0. The summed E-state index contributed by atoms with van der Waals surface area (Å²) in [6.45, 7) is 4.48. The number of imide groups is 1. The first kappa shape index (κ1) is 43.3. The number of amides is 3. The minimum atomic E-state index is -1.12. The highest BCUT2D eigenvalue weighted by Crippen LogP contribution is 2.32. The van der Waals surface area contributed by atoms with Crippen molar-refractivity contribution in [1.82, 2.24) is 0 Å². The number of benzene rings is 6. The molecule has 1 aliphatic heterocycles. The highest BCUT2D eigenvalue weighted by atomic mass is 16.5. The lowest BCUT2D eigenvalue weighted by atomic mass is 10.0. The fourth-order valence-electron chi connectivity index (χ4n) is 5.98. The van der Waals surface area contributed by atoms with Crippen LogP contribution in [-0.2, 0) is 11.2 Å². The molecule has 0 saturated carbocycles.